The van der Waals surface area contributed by atoms with Crippen molar-refractivity contribution >= 4 is 23.3 Å². The Balaban J connectivity index is 1.70. The summed E-state index contributed by atoms with van der Waals surface area (Å²) in [6, 6.07) is 14.0. The van der Waals surface area contributed by atoms with E-state index in [-0.39, 0.29) is 11.4 Å². The van der Waals surface area contributed by atoms with E-state index in [4.69, 9.17) is 4.74 Å². The van der Waals surface area contributed by atoms with Crippen LogP contribution in [0.15, 0.2) is 48.5 Å². The third-order valence-electron chi connectivity index (χ3n) is 5.22. The fourth-order valence-corrected chi connectivity index (χ4v) is 3.76. The molecule has 1 N–H and O–H groups in total. The average molecular weight is 382 g/mol. The molecular weight excluding hydrogens is 360 g/mol. The van der Waals surface area contributed by atoms with Gasteiger partial charge < -0.3 is 10.1 Å². The van der Waals surface area contributed by atoms with Gasteiger partial charge in [0.25, 0.3) is 11.6 Å². The molecule has 0 aromatic heterocycles. The highest BCUT2D eigenvalue weighted by Gasteiger charge is 2.44. The molecule has 0 radical (unpaired) electrons. The standard InChI is InChI=1S/C21H22N2O5/c1-15-8-7-11-17(23(26)27)19(15)22-18(24)14-28-20(25)21(12-5-6-13-21)16-9-3-2-4-10-16/h2-4,7-11H,5-6,12-14H2,1H3,(H,22,24). The van der Waals surface area contributed by atoms with Gasteiger partial charge in [-0.05, 0) is 30.9 Å². The van der Waals surface area contributed by atoms with E-state index in [0.29, 0.717) is 18.4 Å². The van der Waals surface area contributed by atoms with Crippen molar-refractivity contribution in [2.24, 2.45) is 0 Å². The van der Waals surface area contributed by atoms with E-state index in [2.05, 4.69) is 5.32 Å². The lowest BCUT2D eigenvalue weighted by Gasteiger charge is -2.27. The number of nitrogens with zero attached hydrogens (tertiary/aromatic N) is 1. The number of nitrogens with one attached hydrogen (secondary N) is 1. The number of esters is 1. The first-order valence-electron chi connectivity index (χ1n) is 9.21. The second-order valence-electron chi connectivity index (χ2n) is 7.01. The third-order valence-corrected chi connectivity index (χ3v) is 5.22. The molecule has 1 amide bonds. The van der Waals surface area contributed by atoms with Crippen LogP contribution in [0, 0.1) is 17.0 Å². The first-order valence-corrected chi connectivity index (χ1v) is 9.21. The molecule has 146 valence electrons. The number of amides is 1. The Labute approximate surface area is 162 Å². The topological polar surface area (TPSA) is 98.5 Å². The van der Waals surface area contributed by atoms with Crippen LogP contribution < -0.4 is 5.32 Å². The highest BCUT2D eigenvalue weighted by Crippen LogP contribution is 2.42. The monoisotopic (exact) mass is 382 g/mol. The summed E-state index contributed by atoms with van der Waals surface area (Å²) in [7, 11) is 0. The number of nitro groups is 1. The van der Waals surface area contributed by atoms with Gasteiger partial charge in [-0.2, -0.15) is 0 Å². The van der Waals surface area contributed by atoms with E-state index in [0.717, 1.165) is 18.4 Å². The second kappa shape index (κ2) is 8.21. The molecule has 0 aliphatic heterocycles. The van der Waals surface area contributed by atoms with Gasteiger partial charge in [0, 0.05) is 6.07 Å². The number of aryl methyl sites for hydroxylation is 1. The molecule has 7 heteroatoms. The molecule has 0 spiro atoms. The maximum atomic E-state index is 12.9. The minimum atomic E-state index is -0.726. The van der Waals surface area contributed by atoms with Crippen molar-refractivity contribution in [1.82, 2.24) is 0 Å². The Bertz CT molecular complexity index is 889. The number of carbonyl (C=O) groups is 2. The molecule has 0 saturated heterocycles. The van der Waals surface area contributed by atoms with Crippen LogP contribution in [0.3, 0.4) is 0 Å². The van der Waals surface area contributed by atoms with E-state index >= 15 is 0 Å². The molecule has 0 heterocycles. The molecule has 1 aliphatic carbocycles. The second-order valence-corrected chi connectivity index (χ2v) is 7.01. The van der Waals surface area contributed by atoms with Crippen molar-refractivity contribution in [3.8, 4) is 0 Å². The summed E-state index contributed by atoms with van der Waals surface area (Å²) in [4.78, 5) is 35.8. The Hall–Kier alpha value is -3.22. The van der Waals surface area contributed by atoms with Crippen molar-refractivity contribution < 1.29 is 19.2 Å². The van der Waals surface area contributed by atoms with Gasteiger partial charge in [0.05, 0.1) is 10.3 Å². The van der Waals surface area contributed by atoms with Crippen LogP contribution in [0.4, 0.5) is 11.4 Å². The summed E-state index contributed by atoms with van der Waals surface area (Å²) in [5.41, 5.74) is 0.650. The lowest BCUT2D eigenvalue weighted by atomic mass is 9.79. The number of benzene rings is 2. The van der Waals surface area contributed by atoms with Crippen LogP contribution in [0.25, 0.3) is 0 Å². The summed E-state index contributed by atoms with van der Waals surface area (Å²) < 4.78 is 5.34. The van der Waals surface area contributed by atoms with Gasteiger partial charge >= 0.3 is 5.97 Å². The molecule has 1 saturated carbocycles. The number of anilines is 1. The summed E-state index contributed by atoms with van der Waals surface area (Å²) in [6.07, 6.45) is 3.21. The van der Waals surface area contributed by atoms with Gasteiger partial charge in [0.2, 0.25) is 0 Å². The number of carbonyl (C=O) groups excluding carboxylic acids is 2. The van der Waals surface area contributed by atoms with Crippen LogP contribution in [0.5, 0.6) is 0 Å². The van der Waals surface area contributed by atoms with Gasteiger partial charge in [-0.25, -0.2) is 0 Å². The van der Waals surface area contributed by atoms with Crippen molar-refractivity contribution in [2.45, 2.75) is 38.0 Å². The van der Waals surface area contributed by atoms with E-state index in [9.17, 15) is 19.7 Å². The van der Waals surface area contributed by atoms with Gasteiger partial charge in [-0.15, -0.1) is 0 Å². The Kier molecular flexibility index (Phi) is 5.73. The van der Waals surface area contributed by atoms with Gasteiger partial charge in [-0.3, -0.25) is 19.7 Å². The largest absolute Gasteiger partial charge is 0.455 e. The summed E-state index contributed by atoms with van der Waals surface area (Å²) in [5.74, 6) is -1.03. The first kappa shape index (κ1) is 19.5. The number of nitro benzene ring substituents is 1. The Morgan fingerprint density at radius 3 is 2.43 bits per heavy atom. The maximum absolute atomic E-state index is 12.9. The molecule has 7 nitrogen and oxygen atoms in total. The van der Waals surface area contributed by atoms with Crippen molar-refractivity contribution in [3.63, 3.8) is 0 Å². The predicted octanol–water partition coefficient (Wildman–Crippen LogP) is 3.90. The van der Waals surface area contributed by atoms with Crippen LogP contribution in [-0.4, -0.2) is 23.4 Å². The molecular formula is C21H22N2O5. The Morgan fingerprint density at radius 2 is 1.79 bits per heavy atom. The quantitative estimate of drug-likeness (QED) is 0.464. The third kappa shape index (κ3) is 3.88. The van der Waals surface area contributed by atoms with Crippen LogP contribution >= 0.6 is 0 Å². The minimum Gasteiger partial charge on any atom is -0.455 e. The lowest BCUT2D eigenvalue weighted by Crippen LogP contribution is -2.36. The molecule has 2 aromatic carbocycles. The molecule has 0 atom stereocenters. The fraction of sp³-hybridized carbons (Fsp3) is 0.333. The van der Waals surface area contributed by atoms with E-state index in [1.54, 1.807) is 19.1 Å². The highest BCUT2D eigenvalue weighted by atomic mass is 16.6. The molecule has 1 aliphatic rings. The zero-order chi connectivity index (χ0) is 20.1. The maximum Gasteiger partial charge on any atom is 0.317 e. The number of hydrogen-bond donors (Lipinski definition) is 1. The SMILES string of the molecule is Cc1cccc([N+](=O)[O-])c1NC(=O)COC(=O)C1(c2ccccc2)CCCC1. The lowest BCUT2D eigenvalue weighted by molar-refractivity contribution is -0.384. The number of ether oxygens (including phenoxy) is 1. The van der Waals surface area contributed by atoms with Crippen molar-refractivity contribution in [2.75, 3.05) is 11.9 Å². The van der Waals surface area contributed by atoms with Crippen LogP contribution in [-0.2, 0) is 19.7 Å². The minimum absolute atomic E-state index is 0.118. The summed E-state index contributed by atoms with van der Waals surface area (Å²) in [5, 5.41) is 13.7. The average Bonchev–Trinajstić information content (AvgIpc) is 3.19. The fourth-order valence-electron chi connectivity index (χ4n) is 3.76. The van der Waals surface area contributed by atoms with Gasteiger partial charge in [0.15, 0.2) is 6.61 Å². The smallest absolute Gasteiger partial charge is 0.317 e. The normalized spacial score (nSPS) is 15.0. The molecule has 28 heavy (non-hydrogen) atoms. The predicted molar refractivity (Wildman–Crippen MR) is 104 cm³/mol. The molecule has 0 bridgehead atoms. The number of rotatable bonds is 6. The summed E-state index contributed by atoms with van der Waals surface area (Å²) in [6.45, 7) is 1.18. The number of para-hydroxylation sites is 1. The molecule has 2 aromatic rings. The van der Waals surface area contributed by atoms with Crippen LogP contribution in [0.1, 0.15) is 36.8 Å². The number of hydrogen-bond acceptors (Lipinski definition) is 5. The Morgan fingerprint density at radius 1 is 1.11 bits per heavy atom. The molecule has 3 rings (SSSR count). The van der Waals surface area contributed by atoms with Crippen molar-refractivity contribution in [1.29, 1.82) is 0 Å². The zero-order valence-corrected chi connectivity index (χ0v) is 15.6. The van der Waals surface area contributed by atoms with E-state index in [1.165, 1.54) is 6.07 Å². The van der Waals surface area contributed by atoms with E-state index in [1.807, 2.05) is 30.3 Å². The summed E-state index contributed by atoms with van der Waals surface area (Å²) >= 11 is 0. The van der Waals surface area contributed by atoms with Gasteiger partial charge in [-0.1, -0.05) is 55.3 Å². The van der Waals surface area contributed by atoms with Crippen LogP contribution in [0.2, 0.25) is 0 Å². The van der Waals surface area contributed by atoms with Gasteiger partial charge in [0.1, 0.15) is 5.69 Å². The first-order chi connectivity index (χ1) is 13.4. The molecule has 1 fully saturated rings. The van der Waals surface area contributed by atoms with E-state index < -0.39 is 28.8 Å². The molecule has 0 unspecified atom stereocenters. The zero-order valence-electron chi connectivity index (χ0n) is 15.6. The van der Waals surface area contributed by atoms with Crippen molar-refractivity contribution in [3.05, 3.63) is 69.8 Å². The highest BCUT2D eigenvalue weighted by molar-refractivity contribution is 5.96.